The highest BCUT2D eigenvalue weighted by Crippen LogP contribution is 2.13. The molecule has 0 amide bonds. The maximum absolute atomic E-state index is 5.15. The molecule has 2 heterocycles. The van der Waals surface area contributed by atoms with E-state index in [0.717, 1.165) is 43.3 Å². The van der Waals surface area contributed by atoms with Gasteiger partial charge < -0.3 is 9.64 Å². The number of nitrogens with zero attached hydrogens (tertiary/aromatic N) is 4. The quantitative estimate of drug-likeness (QED) is 0.812. The van der Waals surface area contributed by atoms with Gasteiger partial charge in [0.2, 0.25) is 0 Å². The van der Waals surface area contributed by atoms with Gasteiger partial charge in [-0.05, 0) is 42.0 Å². The molecule has 5 nitrogen and oxygen atoms in total. The molecule has 22 heavy (non-hydrogen) atoms. The van der Waals surface area contributed by atoms with Gasteiger partial charge in [-0.2, -0.15) is 5.10 Å². The fourth-order valence-electron chi connectivity index (χ4n) is 2.42. The van der Waals surface area contributed by atoms with Crippen molar-refractivity contribution in [3.05, 3.63) is 54.2 Å². The lowest BCUT2D eigenvalue weighted by molar-refractivity contribution is 0.271. The van der Waals surface area contributed by atoms with E-state index in [1.165, 1.54) is 0 Å². The van der Waals surface area contributed by atoms with Crippen LogP contribution in [-0.2, 0) is 0 Å². The third kappa shape index (κ3) is 3.55. The van der Waals surface area contributed by atoms with Gasteiger partial charge in [-0.25, -0.2) is 4.98 Å². The Balaban J connectivity index is 1.54. The number of hydrogen-bond donors (Lipinski definition) is 0. The number of benzene rings is 1. The van der Waals surface area contributed by atoms with E-state index in [1.54, 1.807) is 7.11 Å². The van der Waals surface area contributed by atoms with Crippen molar-refractivity contribution in [1.29, 1.82) is 0 Å². The van der Waals surface area contributed by atoms with E-state index in [0.29, 0.717) is 0 Å². The first-order valence-electron chi connectivity index (χ1n) is 7.44. The fourth-order valence-corrected chi connectivity index (χ4v) is 2.42. The van der Waals surface area contributed by atoms with Crippen LogP contribution in [0.2, 0.25) is 0 Å². The minimum Gasteiger partial charge on any atom is -0.497 e. The second-order valence-corrected chi connectivity index (χ2v) is 5.15. The molecule has 5 heteroatoms. The lowest BCUT2D eigenvalue weighted by Gasteiger charge is -2.33. The SMILES string of the molecule is COc1ccc(C=NN2CCN(c3ccccn3)CC2)cc1. The third-order valence-corrected chi connectivity index (χ3v) is 3.72. The van der Waals surface area contributed by atoms with Crippen LogP contribution in [0.3, 0.4) is 0 Å². The highest BCUT2D eigenvalue weighted by Gasteiger charge is 2.15. The number of hydrazone groups is 1. The summed E-state index contributed by atoms with van der Waals surface area (Å²) in [5, 5.41) is 6.66. The molecule has 0 N–H and O–H groups in total. The van der Waals surface area contributed by atoms with Gasteiger partial charge >= 0.3 is 0 Å². The van der Waals surface area contributed by atoms with E-state index in [1.807, 2.05) is 48.8 Å². The molecular weight excluding hydrogens is 276 g/mol. The minimum atomic E-state index is 0.862. The normalized spacial score (nSPS) is 15.3. The van der Waals surface area contributed by atoms with Gasteiger partial charge in [0.05, 0.1) is 26.4 Å². The number of hydrogen-bond acceptors (Lipinski definition) is 5. The zero-order valence-corrected chi connectivity index (χ0v) is 12.7. The first kappa shape index (κ1) is 14.4. The molecule has 0 spiro atoms. The van der Waals surface area contributed by atoms with Gasteiger partial charge in [0.15, 0.2) is 0 Å². The summed E-state index contributed by atoms with van der Waals surface area (Å²) in [6.07, 6.45) is 3.74. The average Bonchev–Trinajstić information content (AvgIpc) is 2.61. The summed E-state index contributed by atoms with van der Waals surface area (Å²) in [4.78, 5) is 6.69. The van der Waals surface area contributed by atoms with Crippen molar-refractivity contribution in [3.63, 3.8) is 0 Å². The first-order valence-corrected chi connectivity index (χ1v) is 7.44. The number of pyridine rings is 1. The number of anilines is 1. The maximum Gasteiger partial charge on any atom is 0.128 e. The van der Waals surface area contributed by atoms with Gasteiger partial charge in [0.25, 0.3) is 0 Å². The van der Waals surface area contributed by atoms with Crippen LogP contribution >= 0.6 is 0 Å². The molecule has 1 aliphatic heterocycles. The fraction of sp³-hybridized carbons (Fsp3) is 0.294. The molecule has 1 aliphatic rings. The molecule has 0 bridgehead atoms. The lowest BCUT2D eigenvalue weighted by atomic mass is 10.2. The maximum atomic E-state index is 5.15. The summed E-state index contributed by atoms with van der Waals surface area (Å²) in [6, 6.07) is 13.9. The number of ether oxygens (including phenoxy) is 1. The van der Waals surface area contributed by atoms with Crippen molar-refractivity contribution in [2.24, 2.45) is 5.10 Å². The Morgan fingerprint density at radius 3 is 2.45 bits per heavy atom. The second kappa shape index (κ2) is 6.93. The van der Waals surface area contributed by atoms with Crippen molar-refractivity contribution in [3.8, 4) is 5.75 Å². The molecule has 1 fully saturated rings. The summed E-state index contributed by atoms with van der Waals surface area (Å²) in [6.45, 7) is 3.69. The van der Waals surface area contributed by atoms with E-state index < -0.39 is 0 Å². The highest BCUT2D eigenvalue weighted by molar-refractivity contribution is 5.79. The number of aromatic nitrogens is 1. The van der Waals surface area contributed by atoms with Gasteiger partial charge in [-0.15, -0.1) is 0 Å². The Hall–Kier alpha value is -2.56. The predicted octanol–water partition coefficient (Wildman–Crippen LogP) is 2.25. The molecule has 0 atom stereocenters. The molecule has 0 aliphatic carbocycles. The van der Waals surface area contributed by atoms with E-state index in [4.69, 9.17) is 4.74 Å². The molecule has 1 aromatic carbocycles. The van der Waals surface area contributed by atoms with Gasteiger partial charge in [-0.3, -0.25) is 5.01 Å². The molecule has 0 unspecified atom stereocenters. The summed E-state index contributed by atoms with van der Waals surface area (Å²) in [7, 11) is 1.67. The van der Waals surface area contributed by atoms with Crippen LogP contribution in [0.1, 0.15) is 5.56 Å². The lowest BCUT2D eigenvalue weighted by Crippen LogP contribution is -2.44. The second-order valence-electron chi connectivity index (χ2n) is 5.15. The summed E-state index contributed by atoms with van der Waals surface area (Å²) in [5.41, 5.74) is 1.08. The molecule has 2 aromatic rings. The molecule has 0 saturated carbocycles. The summed E-state index contributed by atoms with van der Waals surface area (Å²) in [5.74, 6) is 1.91. The molecule has 114 valence electrons. The van der Waals surface area contributed by atoms with Crippen LogP contribution in [0.15, 0.2) is 53.8 Å². The average molecular weight is 296 g/mol. The predicted molar refractivity (Wildman–Crippen MR) is 88.6 cm³/mol. The molecule has 1 saturated heterocycles. The van der Waals surface area contributed by atoms with E-state index in [2.05, 4.69) is 26.1 Å². The van der Waals surface area contributed by atoms with E-state index in [9.17, 15) is 0 Å². The van der Waals surface area contributed by atoms with Crippen LogP contribution in [-0.4, -0.2) is 49.5 Å². The number of methoxy groups -OCH3 is 1. The van der Waals surface area contributed by atoms with Crippen LogP contribution < -0.4 is 9.64 Å². The monoisotopic (exact) mass is 296 g/mol. The van der Waals surface area contributed by atoms with Crippen LogP contribution in [0, 0.1) is 0 Å². The van der Waals surface area contributed by atoms with Crippen molar-refractivity contribution < 1.29 is 4.74 Å². The first-order chi connectivity index (χ1) is 10.8. The van der Waals surface area contributed by atoms with Crippen LogP contribution in [0.5, 0.6) is 5.75 Å². The molecule has 0 radical (unpaired) electrons. The molecule has 1 aromatic heterocycles. The third-order valence-electron chi connectivity index (χ3n) is 3.72. The standard InChI is InChI=1S/C17H20N4O/c1-22-16-7-5-15(6-8-16)14-19-21-12-10-20(11-13-21)17-4-2-3-9-18-17/h2-9,14H,10-13H2,1H3. The Morgan fingerprint density at radius 1 is 1.05 bits per heavy atom. The van der Waals surface area contributed by atoms with Crippen molar-refractivity contribution in [2.75, 3.05) is 38.2 Å². The smallest absolute Gasteiger partial charge is 0.128 e. The van der Waals surface area contributed by atoms with E-state index >= 15 is 0 Å². The van der Waals surface area contributed by atoms with E-state index in [-0.39, 0.29) is 0 Å². The molecular formula is C17H20N4O. The largest absolute Gasteiger partial charge is 0.497 e. The zero-order valence-electron chi connectivity index (χ0n) is 12.7. The number of piperazine rings is 1. The highest BCUT2D eigenvalue weighted by atomic mass is 16.5. The number of rotatable bonds is 4. The van der Waals surface area contributed by atoms with Gasteiger partial charge in [0.1, 0.15) is 11.6 Å². The van der Waals surface area contributed by atoms with Gasteiger partial charge in [0, 0.05) is 19.3 Å². The summed E-state index contributed by atoms with van der Waals surface area (Å²) < 4.78 is 5.15. The van der Waals surface area contributed by atoms with Crippen LogP contribution in [0.4, 0.5) is 5.82 Å². The Labute approximate surface area is 130 Å². The zero-order chi connectivity index (χ0) is 15.2. The minimum absolute atomic E-state index is 0.862. The summed E-state index contributed by atoms with van der Waals surface area (Å²) >= 11 is 0. The van der Waals surface area contributed by atoms with Crippen molar-refractivity contribution >= 4 is 12.0 Å². The Kier molecular flexibility index (Phi) is 4.53. The van der Waals surface area contributed by atoms with Crippen molar-refractivity contribution in [2.45, 2.75) is 0 Å². The van der Waals surface area contributed by atoms with Crippen molar-refractivity contribution in [1.82, 2.24) is 9.99 Å². The topological polar surface area (TPSA) is 41.0 Å². The van der Waals surface area contributed by atoms with Gasteiger partial charge in [-0.1, -0.05) is 6.07 Å². The molecule has 3 rings (SSSR count). The van der Waals surface area contributed by atoms with Crippen LogP contribution in [0.25, 0.3) is 0 Å². The Bertz CT molecular complexity index is 604. The Morgan fingerprint density at radius 2 is 1.82 bits per heavy atom.